The number of hydrogen-bond acceptors (Lipinski definition) is 7. The molecular formula is C18H21N3O5. The van der Waals surface area contributed by atoms with Crippen LogP contribution in [0, 0.1) is 0 Å². The van der Waals surface area contributed by atoms with Crippen molar-refractivity contribution in [2.24, 2.45) is 0 Å². The highest BCUT2D eigenvalue weighted by molar-refractivity contribution is 5.97. The molecule has 0 bridgehead atoms. The molecule has 0 radical (unpaired) electrons. The maximum absolute atomic E-state index is 12.8. The molecule has 8 heteroatoms. The summed E-state index contributed by atoms with van der Waals surface area (Å²) in [4.78, 5) is 22.8. The molecule has 3 rings (SSSR count). The minimum absolute atomic E-state index is 0.104. The van der Waals surface area contributed by atoms with Crippen molar-refractivity contribution in [3.05, 3.63) is 36.2 Å². The molecule has 1 aromatic carbocycles. The molecule has 138 valence electrons. The topological polar surface area (TPSA) is 83.0 Å². The van der Waals surface area contributed by atoms with Crippen molar-refractivity contribution in [1.82, 2.24) is 14.9 Å². The lowest BCUT2D eigenvalue weighted by molar-refractivity contribution is 0.0767. The Kier molecular flexibility index (Phi) is 5.40. The molecular weight excluding hydrogens is 338 g/mol. The van der Waals surface area contributed by atoms with E-state index in [4.69, 9.17) is 18.9 Å². The predicted octanol–water partition coefficient (Wildman–Crippen LogP) is 1.80. The number of amides is 1. The van der Waals surface area contributed by atoms with Crippen LogP contribution in [0.25, 0.3) is 0 Å². The summed E-state index contributed by atoms with van der Waals surface area (Å²) < 4.78 is 21.4. The molecule has 26 heavy (non-hydrogen) atoms. The Morgan fingerprint density at radius 2 is 1.92 bits per heavy atom. The van der Waals surface area contributed by atoms with Crippen LogP contribution in [-0.2, 0) is 0 Å². The molecule has 1 fully saturated rings. The number of benzene rings is 1. The molecule has 1 aliphatic heterocycles. The van der Waals surface area contributed by atoms with Gasteiger partial charge in [0.1, 0.15) is 17.6 Å². The van der Waals surface area contributed by atoms with Gasteiger partial charge >= 0.3 is 0 Å². The highest BCUT2D eigenvalue weighted by Crippen LogP contribution is 2.27. The molecule has 1 saturated heterocycles. The zero-order valence-electron chi connectivity index (χ0n) is 15.0. The van der Waals surface area contributed by atoms with Gasteiger partial charge in [-0.15, -0.1) is 0 Å². The smallest absolute Gasteiger partial charge is 0.257 e. The first-order chi connectivity index (χ1) is 12.6. The number of ether oxygens (including phenoxy) is 4. The molecule has 1 unspecified atom stereocenters. The monoisotopic (exact) mass is 359 g/mol. The zero-order valence-corrected chi connectivity index (χ0v) is 15.0. The van der Waals surface area contributed by atoms with Gasteiger partial charge in [0.2, 0.25) is 11.8 Å². The first-order valence-electron chi connectivity index (χ1n) is 8.18. The summed E-state index contributed by atoms with van der Waals surface area (Å²) >= 11 is 0. The first-order valence-corrected chi connectivity index (χ1v) is 8.18. The number of carbonyl (C=O) groups is 1. The summed E-state index contributed by atoms with van der Waals surface area (Å²) in [5.74, 6) is 1.78. The van der Waals surface area contributed by atoms with Gasteiger partial charge in [-0.3, -0.25) is 9.78 Å². The Morgan fingerprint density at radius 3 is 2.65 bits per heavy atom. The number of nitrogens with zero attached hydrogens (tertiary/aromatic N) is 3. The molecule has 1 amide bonds. The van der Waals surface area contributed by atoms with Crippen molar-refractivity contribution >= 4 is 5.91 Å². The fourth-order valence-electron chi connectivity index (χ4n) is 2.81. The molecule has 8 nitrogen and oxygen atoms in total. The van der Waals surface area contributed by atoms with Gasteiger partial charge in [0, 0.05) is 19.0 Å². The van der Waals surface area contributed by atoms with Crippen LogP contribution in [0.4, 0.5) is 0 Å². The van der Waals surface area contributed by atoms with E-state index in [0.29, 0.717) is 48.3 Å². The second-order valence-corrected chi connectivity index (χ2v) is 5.75. The molecule has 0 spiro atoms. The number of likely N-dealkylation sites (tertiary alicyclic amines) is 1. The third-order valence-corrected chi connectivity index (χ3v) is 4.16. The lowest BCUT2D eigenvalue weighted by Crippen LogP contribution is -2.31. The van der Waals surface area contributed by atoms with E-state index in [1.165, 1.54) is 26.6 Å². The average molecular weight is 359 g/mol. The van der Waals surface area contributed by atoms with Crippen LogP contribution in [0.2, 0.25) is 0 Å². The molecule has 1 aromatic heterocycles. The van der Waals surface area contributed by atoms with Gasteiger partial charge in [0.05, 0.1) is 45.8 Å². The van der Waals surface area contributed by atoms with Gasteiger partial charge < -0.3 is 23.8 Å². The lowest BCUT2D eigenvalue weighted by Gasteiger charge is -2.18. The van der Waals surface area contributed by atoms with E-state index in [9.17, 15) is 4.79 Å². The zero-order chi connectivity index (χ0) is 18.5. The Labute approximate surface area is 151 Å². The van der Waals surface area contributed by atoms with E-state index in [0.717, 1.165) is 0 Å². The van der Waals surface area contributed by atoms with Crippen molar-refractivity contribution in [3.63, 3.8) is 0 Å². The highest BCUT2D eigenvalue weighted by atomic mass is 16.5. The van der Waals surface area contributed by atoms with Gasteiger partial charge in [-0.25, -0.2) is 0 Å². The summed E-state index contributed by atoms with van der Waals surface area (Å²) in [6.07, 6.45) is 3.60. The molecule has 0 saturated carbocycles. The SMILES string of the molecule is COc1ccc(C(=O)N2CCC(Oc3cncc(OC)n3)C2)c(OC)c1. The Hall–Kier alpha value is -3.03. The maximum atomic E-state index is 12.8. The van der Waals surface area contributed by atoms with Crippen molar-refractivity contribution in [1.29, 1.82) is 0 Å². The third-order valence-electron chi connectivity index (χ3n) is 4.16. The van der Waals surface area contributed by atoms with Crippen molar-refractivity contribution in [2.45, 2.75) is 12.5 Å². The second kappa shape index (κ2) is 7.90. The quantitative estimate of drug-likeness (QED) is 0.777. The van der Waals surface area contributed by atoms with Gasteiger partial charge in [0.15, 0.2) is 0 Å². The van der Waals surface area contributed by atoms with Crippen molar-refractivity contribution in [3.8, 4) is 23.3 Å². The number of methoxy groups -OCH3 is 3. The molecule has 1 aliphatic rings. The fraction of sp³-hybridized carbons (Fsp3) is 0.389. The van der Waals surface area contributed by atoms with Crippen LogP contribution >= 0.6 is 0 Å². The second-order valence-electron chi connectivity index (χ2n) is 5.75. The van der Waals surface area contributed by atoms with Crippen LogP contribution in [0.1, 0.15) is 16.8 Å². The summed E-state index contributed by atoms with van der Waals surface area (Å²) in [6, 6.07) is 5.15. The molecule has 0 aliphatic carbocycles. The fourth-order valence-corrected chi connectivity index (χ4v) is 2.81. The number of carbonyl (C=O) groups excluding carboxylic acids is 1. The summed E-state index contributed by atoms with van der Waals surface area (Å²) in [6.45, 7) is 1.06. The van der Waals surface area contributed by atoms with Crippen LogP contribution in [0.15, 0.2) is 30.6 Å². The third kappa shape index (κ3) is 3.79. The van der Waals surface area contributed by atoms with Crippen LogP contribution in [-0.4, -0.2) is 61.3 Å². The summed E-state index contributed by atoms with van der Waals surface area (Å²) in [5.41, 5.74) is 0.495. The van der Waals surface area contributed by atoms with Gasteiger partial charge in [-0.1, -0.05) is 0 Å². The van der Waals surface area contributed by atoms with Gasteiger partial charge in [0.25, 0.3) is 5.91 Å². The van der Waals surface area contributed by atoms with E-state index in [1.807, 2.05) is 0 Å². The molecule has 0 N–H and O–H groups in total. The lowest BCUT2D eigenvalue weighted by atomic mass is 10.1. The van der Waals surface area contributed by atoms with E-state index in [-0.39, 0.29) is 12.0 Å². The normalized spacial score (nSPS) is 16.3. The molecule has 2 aromatic rings. The number of rotatable bonds is 6. The summed E-state index contributed by atoms with van der Waals surface area (Å²) in [5, 5.41) is 0. The highest BCUT2D eigenvalue weighted by Gasteiger charge is 2.30. The number of aromatic nitrogens is 2. The summed E-state index contributed by atoms with van der Waals surface area (Å²) in [7, 11) is 4.62. The Bertz CT molecular complexity index is 783. The minimum Gasteiger partial charge on any atom is -0.497 e. The average Bonchev–Trinajstić information content (AvgIpc) is 3.15. The molecule has 2 heterocycles. The standard InChI is InChI=1S/C18H21N3O5/c1-23-12-4-5-14(15(8-12)24-2)18(22)21-7-6-13(11-21)26-17-10-19-9-16(20-17)25-3/h4-5,8-10,13H,6-7,11H2,1-3H3. The van der Waals surface area contributed by atoms with Crippen molar-refractivity contribution < 1.29 is 23.7 Å². The number of hydrogen-bond donors (Lipinski definition) is 0. The van der Waals surface area contributed by atoms with Crippen LogP contribution in [0.5, 0.6) is 23.3 Å². The van der Waals surface area contributed by atoms with Crippen LogP contribution < -0.4 is 18.9 Å². The Balaban J connectivity index is 1.67. The largest absolute Gasteiger partial charge is 0.497 e. The first kappa shape index (κ1) is 17.8. The Morgan fingerprint density at radius 1 is 1.12 bits per heavy atom. The van der Waals surface area contributed by atoms with Gasteiger partial charge in [-0.05, 0) is 12.1 Å². The van der Waals surface area contributed by atoms with E-state index in [2.05, 4.69) is 9.97 Å². The van der Waals surface area contributed by atoms with Crippen molar-refractivity contribution in [2.75, 3.05) is 34.4 Å². The maximum Gasteiger partial charge on any atom is 0.257 e. The van der Waals surface area contributed by atoms with E-state index in [1.54, 1.807) is 30.2 Å². The predicted molar refractivity (Wildman–Crippen MR) is 93.1 cm³/mol. The van der Waals surface area contributed by atoms with E-state index < -0.39 is 0 Å². The van der Waals surface area contributed by atoms with Crippen LogP contribution in [0.3, 0.4) is 0 Å². The van der Waals surface area contributed by atoms with E-state index >= 15 is 0 Å². The molecule has 1 atom stereocenters. The van der Waals surface area contributed by atoms with Gasteiger partial charge in [-0.2, -0.15) is 4.98 Å². The minimum atomic E-state index is -0.149.